The molecule has 0 aromatic heterocycles. The largest absolute Gasteiger partial charge is 0.214 e. The average Bonchev–Trinajstić information content (AvgIpc) is 2.42. The van der Waals surface area contributed by atoms with Gasteiger partial charge >= 0.3 is 0 Å². The van der Waals surface area contributed by atoms with Crippen LogP contribution in [-0.2, 0) is 10.0 Å². The van der Waals surface area contributed by atoms with Gasteiger partial charge in [0.25, 0.3) is 0 Å². The maximum atomic E-state index is 12.6. The first-order valence-electron chi connectivity index (χ1n) is 7.08. The van der Waals surface area contributed by atoms with E-state index in [2.05, 4.69) is 6.92 Å². The minimum absolute atomic E-state index is 0.0262. The molecule has 1 aromatic rings. The Hall–Kier alpha value is -0.520. The zero-order chi connectivity index (χ0) is 14.8. The topological polar surface area (TPSA) is 37.4 Å². The monoisotopic (exact) mass is 313 g/mol. The predicted octanol–water partition coefficient (Wildman–Crippen LogP) is 2.95. The molecule has 3 nitrogen and oxygen atoms in total. The van der Waals surface area contributed by atoms with Gasteiger partial charge in [0, 0.05) is 23.6 Å². The van der Waals surface area contributed by atoms with E-state index in [1.807, 2.05) is 55.9 Å². The third-order valence-corrected chi connectivity index (χ3v) is 7.50. The standard InChI is InChI=1S/C15H23NO2S2/c1-12(15-7-5-4-6-8-15)11-20(17,18)16-9-10-19-14(3)13(16)2/h4-8,12-14H,9-11H2,1-3H3/t12-,13-,14+/m1/s1. The van der Waals surface area contributed by atoms with E-state index in [0.717, 1.165) is 11.3 Å². The van der Waals surface area contributed by atoms with Crippen LogP contribution in [0.25, 0.3) is 0 Å². The predicted molar refractivity (Wildman–Crippen MR) is 86.7 cm³/mol. The van der Waals surface area contributed by atoms with E-state index < -0.39 is 10.0 Å². The quantitative estimate of drug-likeness (QED) is 0.857. The second kappa shape index (κ2) is 6.50. The minimum Gasteiger partial charge on any atom is -0.212 e. The number of hydrogen-bond donors (Lipinski definition) is 0. The first-order chi connectivity index (χ1) is 9.42. The van der Waals surface area contributed by atoms with E-state index in [4.69, 9.17) is 0 Å². The lowest BCUT2D eigenvalue weighted by atomic mass is 10.0. The molecule has 112 valence electrons. The van der Waals surface area contributed by atoms with Crippen molar-refractivity contribution >= 4 is 21.8 Å². The Kier molecular flexibility index (Phi) is 5.15. The highest BCUT2D eigenvalue weighted by molar-refractivity contribution is 8.00. The summed E-state index contributed by atoms with van der Waals surface area (Å²) in [5.74, 6) is 1.11. The highest BCUT2D eigenvalue weighted by Crippen LogP contribution is 2.28. The van der Waals surface area contributed by atoms with Gasteiger partial charge in [0.2, 0.25) is 10.0 Å². The summed E-state index contributed by atoms with van der Waals surface area (Å²) < 4.78 is 27.0. The van der Waals surface area contributed by atoms with E-state index in [1.54, 1.807) is 4.31 Å². The first-order valence-corrected chi connectivity index (χ1v) is 9.73. The minimum atomic E-state index is -3.19. The van der Waals surface area contributed by atoms with Gasteiger partial charge in [0.05, 0.1) is 5.75 Å². The maximum absolute atomic E-state index is 12.6. The van der Waals surface area contributed by atoms with Crippen LogP contribution in [0.5, 0.6) is 0 Å². The molecule has 1 aromatic carbocycles. The molecule has 1 fully saturated rings. The van der Waals surface area contributed by atoms with Crippen LogP contribution in [0.15, 0.2) is 30.3 Å². The summed E-state index contributed by atoms with van der Waals surface area (Å²) in [5.41, 5.74) is 1.09. The van der Waals surface area contributed by atoms with Gasteiger partial charge in [0.15, 0.2) is 0 Å². The van der Waals surface area contributed by atoms with E-state index in [1.165, 1.54) is 0 Å². The second-order valence-corrected chi connectivity index (χ2v) is 8.97. The number of nitrogens with zero attached hydrogens (tertiary/aromatic N) is 1. The van der Waals surface area contributed by atoms with Crippen molar-refractivity contribution in [2.45, 2.75) is 38.0 Å². The number of sulfonamides is 1. The molecule has 20 heavy (non-hydrogen) atoms. The van der Waals surface area contributed by atoms with E-state index in [9.17, 15) is 8.42 Å². The van der Waals surface area contributed by atoms with Crippen molar-refractivity contribution in [3.8, 4) is 0 Å². The Labute approximate surface area is 126 Å². The lowest BCUT2D eigenvalue weighted by Crippen LogP contribution is -2.49. The Morgan fingerprint density at radius 2 is 1.95 bits per heavy atom. The van der Waals surface area contributed by atoms with E-state index >= 15 is 0 Å². The summed E-state index contributed by atoms with van der Waals surface area (Å²) in [7, 11) is -3.19. The molecule has 0 spiro atoms. The third kappa shape index (κ3) is 3.57. The number of hydrogen-bond acceptors (Lipinski definition) is 3. The summed E-state index contributed by atoms with van der Waals surface area (Å²) in [6, 6.07) is 9.95. The van der Waals surface area contributed by atoms with Crippen LogP contribution < -0.4 is 0 Å². The van der Waals surface area contributed by atoms with Crippen molar-refractivity contribution in [1.82, 2.24) is 4.31 Å². The van der Waals surface area contributed by atoms with Gasteiger partial charge in [-0.3, -0.25) is 0 Å². The molecule has 5 heteroatoms. The molecule has 0 unspecified atom stereocenters. The molecule has 0 aliphatic carbocycles. The van der Waals surface area contributed by atoms with Crippen LogP contribution in [0.4, 0.5) is 0 Å². The van der Waals surface area contributed by atoms with Crippen LogP contribution >= 0.6 is 11.8 Å². The molecular weight excluding hydrogens is 290 g/mol. The highest BCUT2D eigenvalue weighted by Gasteiger charge is 2.34. The van der Waals surface area contributed by atoms with Crippen molar-refractivity contribution in [2.24, 2.45) is 0 Å². The Balaban J connectivity index is 2.11. The van der Waals surface area contributed by atoms with E-state index in [0.29, 0.717) is 11.8 Å². The molecule has 1 heterocycles. The molecular formula is C15H23NO2S2. The number of benzene rings is 1. The van der Waals surface area contributed by atoms with Gasteiger partial charge in [-0.25, -0.2) is 8.42 Å². The maximum Gasteiger partial charge on any atom is 0.214 e. The van der Waals surface area contributed by atoms with Crippen LogP contribution in [0.1, 0.15) is 32.3 Å². The van der Waals surface area contributed by atoms with Crippen molar-refractivity contribution in [2.75, 3.05) is 18.1 Å². The van der Waals surface area contributed by atoms with Gasteiger partial charge in [0.1, 0.15) is 0 Å². The van der Waals surface area contributed by atoms with E-state index in [-0.39, 0.29) is 17.7 Å². The SMILES string of the molecule is C[C@H](CS(=O)(=O)N1CCS[C@@H](C)[C@H]1C)c1ccccc1. The lowest BCUT2D eigenvalue weighted by Gasteiger charge is -2.37. The summed E-state index contributed by atoms with van der Waals surface area (Å²) in [6.45, 7) is 6.75. The van der Waals surface area contributed by atoms with Crippen molar-refractivity contribution in [1.29, 1.82) is 0 Å². The Bertz CT molecular complexity index is 530. The number of thioether (sulfide) groups is 1. The normalized spacial score (nSPS) is 26.4. The zero-order valence-electron chi connectivity index (χ0n) is 12.3. The summed E-state index contributed by atoms with van der Waals surface area (Å²) in [5, 5.41) is 0.366. The molecule has 1 saturated heterocycles. The average molecular weight is 313 g/mol. The molecule has 3 atom stereocenters. The van der Waals surface area contributed by atoms with Gasteiger partial charge in [-0.2, -0.15) is 16.1 Å². The fourth-order valence-corrected chi connectivity index (χ4v) is 5.95. The Morgan fingerprint density at radius 1 is 1.30 bits per heavy atom. The zero-order valence-corrected chi connectivity index (χ0v) is 14.0. The van der Waals surface area contributed by atoms with Crippen LogP contribution in [0, 0.1) is 0 Å². The summed E-state index contributed by atoms with van der Waals surface area (Å²) >= 11 is 1.86. The lowest BCUT2D eigenvalue weighted by molar-refractivity contribution is 0.339. The smallest absolute Gasteiger partial charge is 0.212 e. The van der Waals surface area contributed by atoms with Gasteiger partial charge in [-0.15, -0.1) is 0 Å². The van der Waals surface area contributed by atoms with Gasteiger partial charge in [-0.05, 0) is 18.4 Å². The Morgan fingerprint density at radius 3 is 2.60 bits per heavy atom. The molecule has 0 amide bonds. The highest BCUT2D eigenvalue weighted by atomic mass is 32.2. The fourth-order valence-electron chi connectivity index (χ4n) is 2.59. The molecule has 2 rings (SSSR count). The molecule has 0 N–H and O–H groups in total. The van der Waals surface area contributed by atoms with Gasteiger partial charge < -0.3 is 0 Å². The summed E-state index contributed by atoms with van der Waals surface area (Å²) in [4.78, 5) is 0. The first kappa shape index (κ1) is 15.9. The molecule has 0 saturated carbocycles. The second-order valence-electron chi connectivity index (χ2n) is 5.52. The van der Waals surface area contributed by atoms with Crippen LogP contribution in [-0.4, -0.2) is 42.1 Å². The third-order valence-electron chi connectivity index (χ3n) is 4.01. The van der Waals surface area contributed by atoms with Gasteiger partial charge in [-0.1, -0.05) is 44.2 Å². The van der Waals surface area contributed by atoms with Crippen LogP contribution in [0.2, 0.25) is 0 Å². The molecule has 0 bridgehead atoms. The molecule has 1 aliphatic rings. The summed E-state index contributed by atoms with van der Waals surface area (Å²) in [6.07, 6.45) is 0. The fraction of sp³-hybridized carbons (Fsp3) is 0.600. The molecule has 1 aliphatic heterocycles. The van der Waals surface area contributed by atoms with Crippen molar-refractivity contribution in [3.05, 3.63) is 35.9 Å². The van der Waals surface area contributed by atoms with Crippen molar-refractivity contribution < 1.29 is 8.42 Å². The van der Waals surface area contributed by atoms with Crippen LogP contribution in [0.3, 0.4) is 0 Å². The molecule has 0 radical (unpaired) electrons. The number of rotatable bonds is 4. The van der Waals surface area contributed by atoms with Crippen molar-refractivity contribution in [3.63, 3.8) is 0 Å².